The van der Waals surface area contributed by atoms with Crippen LogP contribution in [0.2, 0.25) is 0 Å². The highest BCUT2D eigenvalue weighted by atomic mass is 32.1. The SMILES string of the molecule is Cc1ccc(C2Nc3ccccc3C(=O)N2c2nccs2)cc1. The minimum absolute atomic E-state index is 0.0279. The maximum atomic E-state index is 13.0. The Hall–Kier alpha value is -2.66. The van der Waals surface area contributed by atoms with E-state index >= 15 is 0 Å². The molecule has 23 heavy (non-hydrogen) atoms. The number of anilines is 2. The molecule has 0 bridgehead atoms. The molecule has 3 aromatic rings. The standard InChI is InChI=1S/C18H15N3OS/c1-12-6-8-13(9-7-12)16-20-15-5-3-2-4-14(15)17(22)21(16)18-19-10-11-23-18/h2-11,16,20H,1H3. The van der Waals surface area contributed by atoms with Crippen LogP contribution in [0, 0.1) is 6.92 Å². The number of amides is 1. The van der Waals surface area contributed by atoms with Crippen molar-refractivity contribution in [3.05, 3.63) is 76.8 Å². The number of aryl methyl sites for hydroxylation is 1. The first-order chi connectivity index (χ1) is 11.2. The Labute approximate surface area is 138 Å². The van der Waals surface area contributed by atoms with Gasteiger partial charge in [-0.25, -0.2) is 4.98 Å². The molecule has 0 aliphatic carbocycles. The minimum atomic E-state index is -0.260. The maximum absolute atomic E-state index is 13.0. The summed E-state index contributed by atoms with van der Waals surface area (Å²) in [6.07, 6.45) is 1.46. The molecule has 4 nitrogen and oxygen atoms in total. The third-order valence-corrected chi connectivity index (χ3v) is 4.72. The van der Waals surface area contributed by atoms with Crippen molar-refractivity contribution in [2.75, 3.05) is 10.2 Å². The van der Waals surface area contributed by atoms with Crippen molar-refractivity contribution in [3.8, 4) is 0 Å². The van der Waals surface area contributed by atoms with E-state index in [4.69, 9.17) is 0 Å². The van der Waals surface area contributed by atoms with Gasteiger partial charge in [0.15, 0.2) is 5.13 Å². The van der Waals surface area contributed by atoms with Crippen LogP contribution in [0.15, 0.2) is 60.1 Å². The monoisotopic (exact) mass is 321 g/mol. The summed E-state index contributed by atoms with van der Waals surface area (Å²) >= 11 is 1.46. The third-order valence-electron chi connectivity index (χ3n) is 3.95. The third kappa shape index (κ3) is 2.39. The smallest absolute Gasteiger partial charge is 0.264 e. The number of carbonyl (C=O) groups is 1. The number of benzene rings is 2. The zero-order valence-corrected chi connectivity index (χ0v) is 13.4. The van der Waals surface area contributed by atoms with Crippen LogP contribution in [-0.4, -0.2) is 10.9 Å². The summed E-state index contributed by atoms with van der Waals surface area (Å²) in [6.45, 7) is 2.05. The average Bonchev–Trinajstić information content (AvgIpc) is 3.09. The predicted molar refractivity (Wildman–Crippen MR) is 92.9 cm³/mol. The van der Waals surface area contributed by atoms with Gasteiger partial charge in [-0.2, -0.15) is 0 Å². The van der Waals surface area contributed by atoms with E-state index < -0.39 is 0 Å². The first-order valence-corrected chi connectivity index (χ1v) is 8.27. The van der Waals surface area contributed by atoms with Crippen molar-refractivity contribution in [2.24, 2.45) is 0 Å². The van der Waals surface area contributed by atoms with Crippen LogP contribution in [0.25, 0.3) is 0 Å². The number of nitrogens with one attached hydrogen (secondary N) is 1. The first-order valence-electron chi connectivity index (χ1n) is 7.39. The largest absolute Gasteiger partial charge is 0.360 e. The second-order valence-corrected chi connectivity index (χ2v) is 6.37. The fraction of sp³-hybridized carbons (Fsp3) is 0.111. The molecular formula is C18H15N3OS. The molecule has 1 unspecified atom stereocenters. The minimum Gasteiger partial charge on any atom is -0.360 e. The second kappa shape index (κ2) is 5.52. The highest BCUT2D eigenvalue weighted by Gasteiger charge is 2.35. The van der Waals surface area contributed by atoms with Gasteiger partial charge >= 0.3 is 0 Å². The summed E-state index contributed by atoms with van der Waals surface area (Å²) in [5.74, 6) is -0.0279. The fourth-order valence-corrected chi connectivity index (χ4v) is 3.43. The topological polar surface area (TPSA) is 45.2 Å². The zero-order valence-electron chi connectivity index (χ0n) is 12.6. The van der Waals surface area contributed by atoms with Gasteiger partial charge in [0.05, 0.1) is 5.56 Å². The van der Waals surface area contributed by atoms with Gasteiger partial charge in [-0.1, -0.05) is 42.0 Å². The number of carbonyl (C=O) groups excluding carboxylic acids is 1. The first kappa shape index (κ1) is 14.0. The van der Waals surface area contributed by atoms with Crippen molar-refractivity contribution in [1.82, 2.24) is 4.98 Å². The number of fused-ring (bicyclic) bond motifs is 1. The molecule has 0 saturated heterocycles. The molecule has 0 radical (unpaired) electrons. The van der Waals surface area contributed by atoms with Gasteiger partial charge in [0, 0.05) is 17.3 Å². The number of hydrogen-bond acceptors (Lipinski definition) is 4. The molecule has 1 amide bonds. The van der Waals surface area contributed by atoms with Gasteiger partial charge in [0.25, 0.3) is 5.91 Å². The normalized spacial score (nSPS) is 16.8. The highest BCUT2D eigenvalue weighted by Crippen LogP contribution is 2.37. The van der Waals surface area contributed by atoms with Gasteiger partial charge in [-0.05, 0) is 24.6 Å². The van der Waals surface area contributed by atoms with E-state index in [1.165, 1.54) is 16.9 Å². The van der Waals surface area contributed by atoms with Gasteiger partial charge in [0.2, 0.25) is 0 Å². The zero-order chi connectivity index (χ0) is 15.8. The molecule has 0 spiro atoms. The van der Waals surface area contributed by atoms with Gasteiger partial charge in [0.1, 0.15) is 6.17 Å². The number of nitrogens with zero attached hydrogens (tertiary/aromatic N) is 2. The number of para-hydroxylation sites is 1. The molecule has 1 atom stereocenters. The quantitative estimate of drug-likeness (QED) is 0.768. The number of thiazole rings is 1. The summed E-state index contributed by atoms with van der Waals surface area (Å²) < 4.78 is 0. The second-order valence-electron chi connectivity index (χ2n) is 5.49. The van der Waals surface area contributed by atoms with E-state index in [1.807, 2.05) is 29.6 Å². The number of aromatic nitrogens is 1. The lowest BCUT2D eigenvalue weighted by molar-refractivity contribution is 0.0975. The molecular weight excluding hydrogens is 306 g/mol. The fourth-order valence-electron chi connectivity index (χ4n) is 2.77. The molecule has 1 aliphatic rings. The molecule has 1 N–H and O–H groups in total. The van der Waals surface area contributed by atoms with Crippen molar-refractivity contribution in [1.29, 1.82) is 0 Å². The molecule has 1 aromatic heterocycles. The maximum Gasteiger partial charge on any atom is 0.264 e. The van der Waals surface area contributed by atoms with Crippen LogP contribution in [0.3, 0.4) is 0 Å². The molecule has 2 heterocycles. The van der Waals surface area contributed by atoms with Crippen LogP contribution in [0.4, 0.5) is 10.8 Å². The molecule has 114 valence electrons. The van der Waals surface area contributed by atoms with Crippen LogP contribution >= 0.6 is 11.3 Å². The molecule has 0 saturated carbocycles. The summed E-state index contributed by atoms with van der Waals surface area (Å²) in [4.78, 5) is 19.1. The van der Waals surface area contributed by atoms with Crippen LogP contribution in [0.5, 0.6) is 0 Å². The van der Waals surface area contributed by atoms with Crippen molar-refractivity contribution in [2.45, 2.75) is 13.1 Å². The summed E-state index contributed by atoms with van der Waals surface area (Å²) in [7, 11) is 0. The Bertz CT molecular complexity index is 843. The van der Waals surface area contributed by atoms with Crippen LogP contribution < -0.4 is 10.2 Å². The highest BCUT2D eigenvalue weighted by molar-refractivity contribution is 7.13. The van der Waals surface area contributed by atoms with Gasteiger partial charge in [-0.3, -0.25) is 9.69 Å². The van der Waals surface area contributed by atoms with E-state index in [0.29, 0.717) is 10.7 Å². The molecule has 1 aliphatic heterocycles. The Morgan fingerprint density at radius 1 is 1.13 bits per heavy atom. The van der Waals surface area contributed by atoms with Crippen LogP contribution in [-0.2, 0) is 0 Å². The molecule has 5 heteroatoms. The Morgan fingerprint density at radius 2 is 1.91 bits per heavy atom. The summed E-state index contributed by atoms with van der Waals surface area (Å²) in [5, 5.41) is 6.05. The van der Waals surface area contributed by atoms with E-state index in [-0.39, 0.29) is 12.1 Å². The van der Waals surface area contributed by atoms with Crippen molar-refractivity contribution >= 4 is 28.1 Å². The van der Waals surface area contributed by atoms with Gasteiger partial charge < -0.3 is 5.32 Å². The Morgan fingerprint density at radius 3 is 2.65 bits per heavy atom. The molecule has 2 aromatic carbocycles. The van der Waals surface area contributed by atoms with E-state index in [2.05, 4.69) is 41.5 Å². The van der Waals surface area contributed by atoms with E-state index in [9.17, 15) is 4.79 Å². The lowest BCUT2D eigenvalue weighted by atomic mass is 10.0. The van der Waals surface area contributed by atoms with E-state index in [0.717, 1.165) is 11.3 Å². The summed E-state index contributed by atoms with van der Waals surface area (Å²) in [6, 6.07) is 15.8. The van der Waals surface area contributed by atoms with Crippen molar-refractivity contribution in [3.63, 3.8) is 0 Å². The van der Waals surface area contributed by atoms with E-state index in [1.54, 1.807) is 11.1 Å². The lowest BCUT2D eigenvalue weighted by Gasteiger charge is -2.36. The lowest BCUT2D eigenvalue weighted by Crippen LogP contribution is -2.43. The average molecular weight is 321 g/mol. The van der Waals surface area contributed by atoms with Gasteiger partial charge in [-0.15, -0.1) is 11.3 Å². The molecule has 4 rings (SSSR count). The molecule has 0 fully saturated rings. The number of rotatable bonds is 2. The Kier molecular flexibility index (Phi) is 3.35. The number of hydrogen-bond donors (Lipinski definition) is 1. The van der Waals surface area contributed by atoms with Crippen LogP contribution in [0.1, 0.15) is 27.7 Å². The predicted octanol–water partition coefficient (Wildman–Crippen LogP) is 4.22. The summed E-state index contributed by atoms with van der Waals surface area (Å²) in [5.41, 5.74) is 3.76. The van der Waals surface area contributed by atoms with Crippen molar-refractivity contribution < 1.29 is 4.79 Å². The Balaban J connectivity index is 1.85.